The highest BCUT2D eigenvalue weighted by Crippen LogP contribution is 2.26. The number of aromatic amines is 1. The lowest BCUT2D eigenvalue weighted by Crippen LogP contribution is -2.38. The minimum absolute atomic E-state index is 0. The summed E-state index contributed by atoms with van der Waals surface area (Å²) in [6.07, 6.45) is 0.787. The van der Waals surface area contributed by atoms with Crippen LogP contribution in [0.4, 0.5) is 0 Å². The van der Waals surface area contributed by atoms with Gasteiger partial charge in [0.25, 0.3) is 5.91 Å². The van der Waals surface area contributed by atoms with Crippen molar-refractivity contribution in [1.29, 1.82) is 5.41 Å². The Labute approximate surface area is 153 Å². The zero-order valence-corrected chi connectivity index (χ0v) is 15.2. The van der Waals surface area contributed by atoms with E-state index >= 15 is 0 Å². The van der Waals surface area contributed by atoms with E-state index in [2.05, 4.69) is 4.98 Å². The molecular formula is C15H23Cl2N5O2. The minimum Gasteiger partial charge on any atom is -0.493 e. The molecule has 0 bridgehead atoms. The van der Waals surface area contributed by atoms with Crippen molar-refractivity contribution >= 4 is 47.6 Å². The van der Waals surface area contributed by atoms with E-state index in [1.54, 1.807) is 6.07 Å². The second-order valence-electron chi connectivity index (χ2n) is 5.12. The maximum atomic E-state index is 12.2. The Morgan fingerprint density at radius 1 is 1.33 bits per heavy atom. The van der Waals surface area contributed by atoms with E-state index in [1.165, 1.54) is 7.05 Å². The molecule has 0 unspecified atom stereocenters. The van der Waals surface area contributed by atoms with Crippen molar-refractivity contribution in [3.8, 4) is 5.75 Å². The predicted molar refractivity (Wildman–Crippen MR) is 101 cm³/mol. The molecule has 1 aromatic carbocycles. The fourth-order valence-electron chi connectivity index (χ4n) is 2.15. The number of carbonyl (C=O) groups excluding carboxylic acids is 1. The number of nitrogens with two attached hydrogens (primary N) is 2. The lowest BCUT2D eigenvalue weighted by atomic mass is 10.1. The number of aromatic nitrogens is 1. The third-order valence-electron chi connectivity index (χ3n) is 3.43. The third-order valence-corrected chi connectivity index (χ3v) is 3.43. The van der Waals surface area contributed by atoms with Crippen LogP contribution in [0, 0.1) is 12.3 Å². The summed E-state index contributed by atoms with van der Waals surface area (Å²) in [5, 5.41) is 8.26. The van der Waals surface area contributed by atoms with Gasteiger partial charge in [-0.3, -0.25) is 15.1 Å². The van der Waals surface area contributed by atoms with E-state index in [4.69, 9.17) is 21.6 Å². The van der Waals surface area contributed by atoms with Gasteiger partial charge in [-0.25, -0.2) is 0 Å². The Balaban J connectivity index is 0.00000264. The minimum atomic E-state index is -0.353. The average molecular weight is 376 g/mol. The summed E-state index contributed by atoms with van der Waals surface area (Å²) in [5.74, 6) is 0.0825. The summed E-state index contributed by atoms with van der Waals surface area (Å²) in [7, 11) is 1.46. The van der Waals surface area contributed by atoms with E-state index in [0.717, 1.165) is 33.5 Å². The zero-order valence-electron chi connectivity index (χ0n) is 13.6. The van der Waals surface area contributed by atoms with Crippen LogP contribution in [0.1, 0.15) is 22.5 Å². The van der Waals surface area contributed by atoms with Gasteiger partial charge in [-0.1, -0.05) is 0 Å². The van der Waals surface area contributed by atoms with Gasteiger partial charge in [-0.05, 0) is 37.6 Å². The number of halogens is 2. The monoisotopic (exact) mass is 375 g/mol. The second-order valence-corrected chi connectivity index (χ2v) is 5.12. The number of carbonyl (C=O) groups is 1. The molecule has 0 saturated heterocycles. The van der Waals surface area contributed by atoms with Gasteiger partial charge in [0.2, 0.25) is 0 Å². The Morgan fingerprint density at radius 3 is 2.58 bits per heavy atom. The first-order valence-electron chi connectivity index (χ1n) is 7.02. The number of hydrogen-bond donors (Lipinski definition) is 4. The molecule has 2 aromatic rings. The van der Waals surface area contributed by atoms with E-state index in [0.29, 0.717) is 18.8 Å². The molecule has 24 heavy (non-hydrogen) atoms. The number of ether oxygens (including phenoxy) is 1. The highest BCUT2D eigenvalue weighted by molar-refractivity contribution is 6.06. The molecule has 9 heteroatoms. The van der Waals surface area contributed by atoms with Crippen LogP contribution in [0.25, 0.3) is 10.9 Å². The molecular weight excluding hydrogens is 353 g/mol. The van der Waals surface area contributed by atoms with E-state index < -0.39 is 0 Å². The van der Waals surface area contributed by atoms with Gasteiger partial charge in [0.1, 0.15) is 11.4 Å². The number of rotatable bonds is 5. The van der Waals surface area contributed by atoms with Crippen molar-refractivity contribution in [2.45, 2.75) is 13.3 Å². The van der Waals surface area contributed by atoms with Gasteiger partial charge in [-0.2, -0.15) is 0 Å². The molecule has 1 aromatic heterocycles. The van der Waals surface area contributed by atoms with Gasteiger partial charge in [0.05, 0.1) is 6.61 Å². The largest absolute Gasteiger partial charge is 0.493 e. The van der Waals surface area contributed by atoms with Crippen LogP contribution >= 0.6 is 24.8 Å². The van der Waals surface area contributed by atoms with Gasteiger partial charge in [0, 0.05) is 24.0 Å². The highest BCUT2D eigenvalue weighted by atomic mass is 35.5. The normalized spacial score (nSPS) is 9.79. The summed E-state index contributed by atoms with van der Waals surface area (Å²) in [6, 6.07) is 5.54. The lowest BCUT2D eigenvalue weighted by Gasteiger charge is -2.12. The molecule has 2 rings (SSSR count). The Bertz CT molecular complexity index is 717. The van der Waals surface area contributed by atoms with Gasteiger partial charge in [0.15, 0.2) is 5.96 Å². The average Bonchev–Trinajstić information content (AvgIpc) is 2.90. The Morgan fingerprint density at radius 2 is 2.00 bits per heavy atom. The molecule has 0 aliphatic heterocycles. The molecule has 134 valence electrons. The number of guanidine groups is 1. The maximum Gasteiger partial charge on any atom is 0.276 e. The van der Waals surface area contributed by atoms with E-state index in [1.807, 2.05) is 19.1 Å². The molecule has 7 nitrogen and oxygen atoms in total. The number of hydrogen-bond acceptors (Lipinski definition) is 4. The first kappa shape index (κ1) is 22.0. The summed E-state index contributed by atoms with van der Waals surface area (Å²) < 4.78 is 5.64. The SMILES string of the molecule is Cc1cc(OCCCN)cc2[nH]c(C(=O)N(C)C(=N)N)cc12.Cl.Cl. The van der Waals surface area contributed by atoms with Crippen molar-refractivity contribution < 1.29 is 9.53 Å². The molecule has 1 heterocycles. The summed E-state index contributed by atoms with van der Waals surface area (Å²) in [4.78, 5) is 16.3. The Kier molecular flexibility index (Phi) is 8.60. The summed E-state index contributed by atoms with van der Waals surface area (Å²) in [6.45, 7) is 3.09. The van der Waals surface area contributed by atoms with E-state index in [-0.39, 0.29) is 36.7 Å². The molecule has 0 aliphatic rings. The first-order chi connectivity index (χ1) is 10.4. The lowest BCUT2D eigenvalue weighted by molar-refractivity contribution is 0.0864. The smallest absolute Gasteiger partial charge is 0.276 e. The first-order valence-corrected chi connectivity index (χ1v) is 7.02. The number of fused-ring (bicyclic) bond motifs is 1. The van der Waals surface area contributed by atoms with Crippen molar-refractivity contribution in [1.82, 2.24) is 9.88 Å². The fourth-order valence-corrected chi connectivity index (χ4v) is 2.15. The van der Waals surface area contributed by atoms with Crippen LogP contribution in [-0.2, 0) is 0 Å². The number of nitrogens with one attached hydrogen (secondary N) is 2. The van der Waals surface area contributed by atoms with Gasteiger partial charge in [-0.15, -0.1) is 24.8 Å². The van der Waals surface area contributed by atoms with Crippen molar-refractivity contribution in [3.63, 3.8) is 0 Å². The van der Waals surface area contributed by atoms with Crippen molar-refractivity contribution in [3.05, 3.63) is 29.5 Å². The third kappa shape index (κ3) is 4.77. The maximum absolute atomic E-state index is 12.2. The summed E-state index contributed by atoms with van der Waals surface area (Å²) >= 11 is 0. The van der Waals surface area contributed by atoms with Crippen LogP contribution in [-0.4, -0.2) is 41.9 Å². The molecule has 6 N–H and O–H groups in total. The zero-order chi connectivity index (χ0) is 16.3. The molecule has 0 aliphatic carbocycles. The number of nitrogens with zero attached hydrogens (tertiary/aromatic N) is 1. The van der Waals surface area contributed by atoms with Gasteiger partial charge >= 0.3 is 0 Å². The standard InChI is InChI=1S/C15H21N5O2.2ClH/c1-9-6-10(22-5-3-4-16)7-12-11(9)8-13(19-12)14(21)20(2)15(17)18;;/h6-8,19H,3-5,16H2,1-2H3,(H3,17,18);2*1H. The van der Waals surface area contributed by atoms with Gasteiger partial charge < -0.3 is 21.2 Å². The van der Waals surface area contributed by atoms with Crippen LogP contribution in [0.2, 0.25) is 0 Å². The van der Waals surface area contributed by atoms with Crippen LogP contribution < -0.4 is 16.2 Å². The highest BCUT2D eigenvalue weighted by Gasteiger charge is 2.17. The number of amides is 1. The molecule has 1 amide bonds. The Hall–Kier alpha value is -1.96. The number of aryl methyl sites for hydroxylation is 1. The second kappa shape index (κ2) is 9.36. The number of benzene rings is 1. The predicted octanol–water partition coefficient (Wildman–Crippen LogP) is 2.01. The number of H-pyrrole nitrogens is 1. The van der Waals surface area contributed by atoms with Crippen LogP contribution in [0.3, 0.4) is 0 Å². The molecule has 0 fully saturated rings. The molecule has 0 atom stereocenters. The van der Waals surface area contributed by atoms with E-state index in [9.17, 15) is 4.79 Å². The molecule has 0 radical (unpaired) electrons. The molecule has 0 saturated carbocycles. The topological polar surface area (TPSA) is 121 Å². The van der Waals surface area contributed by atoms with Crippen molar-refractivity contribution in [2.24, 2.45) is 11.5 Å². The quantitative estimate of drug-likeness (QED) is 0.362. The van der Waals surface area contributed by atoms with Crippen LogP contribution in [0.15, 0.2) is 18.2 Å². The summed E-state index contributed by atoms with van der Waals surface area (Å²) in [5.41, 5.74) is 13.0. The van der Waals surface area contributed by atoms with Crippen LogP contribution in [0.5, 0.6) is 5.75 Å². The fraction of sp³-hybridized carbons (Fsp3) is 0.333. The van der Waals surface area contributed by atoms with Crippen molar-refractivity contribution in [2.75, 3.05) is 20.2 Å². The molecule has 0 spiro atoms.